The summed E-state index contributed by atoms with van der Waals surface area (Å²) in [6, 6.07) is 16.8. The van der Waals surface area contributed by atoms with Gasteiger partial charge in [0.25, 0.3) is 0 Å². The lowest BCUT2D eigenvalue weighted by molar-refractivity contribution is 0.587. The summed E-state index contributed by atoms with van der Waals surface area (Å²) in [5.41, 5.74) is 8.39. The van der Waals surface area contributed by atoms with E-state index in [-0.39, 0.29) is 29.7 Å². The van der Waals surface area contributed by atoms with E-state index < -0.39 is 10.0 Å². The zero-order valence-corrected chi connectivity index (χ0v) is 16.4. The quantitative estimate of drug-likeness (QED) is 0.350. The summed E-state index contributed by atoms with van der Waals surface area (Å²) in [4.78, 5) is 4.26. The number of benzene rings is 2. The van der Waals surface area contributed by atoms with Crippen molar-refractivity contribution in [3.05, 3.63) is 65.7 Å². The zero-order chi connectivity index (χ0) is 16.7. The van der Waals surface area contributed by atoms with Gasteiger partial charge in [-0.2, -0.15) is 0 Å². The number of guanidine groups is 1. The second kappa shape index (κ2) is 9.60. The molecule has 8 heteroatoms. The van der Waals surface area contributed by atoms with Gasteiger partial charge in [0.2, 0.25) is 10.0 Å². The Kier molecular flexibility index (Phi) is 8.16. The molecular weight excluding hydrogens is 439 g/mol. The molecule has 6 nitrogen and oxygen atoms in total. The molecule has 0 aliphatic rings. The van der Waals surface area contributed by atoms with Crippen LogP contribution in [-0.2, 0) is 22.3 Å². The van der Waals surface area contributed by atoms with Crippen LogP contribution >= 0.6 is 24.0 Å². The normalized spacial score (nSPS) is 11.6. The Hall–Kier alpha value is -1.65. The number of anilines is 1. The van der Waals surface area contributed by atoms with Crippen LogP contribution in [0, 0.1) is 0 Å². The maximum atomic E-state index is 11.5. The highest BCUT2D eigenvalue weighted by atomic mass is 127. The van der Waals surface area contributed by atoms with E-state index >= 15 is 0 Å². The molecular formula is C16H21IN4O2S. The smallest absolute Gasteiger partial charge is 0.215 e. The maximum absolute atomic E-state index is 11.5. The van der Waals surface area contributed by atoms with Gasteiger partial charge in [-0.25, -0.2) is 18.1 Å². The summed E-state index contributed by atoms with van der Waals surface area (Å²) in [5, 5.41) is 3.00. The second-order valence-electron chi connectivity index (χ2n) is 4.97. The number of hydrogen-bond donors (Lipinski definition) is 3. The van der Waals surface area contributed by atoms with Crippen molar-refractivity contribution in [3.8, 4) is 0 Å². The summed E-state index contributed by atoms with van der Waals surface area (Å²) in [6.07, 6.45) is 0. The van der Waals surface area contributed by atoms with Crippen molar-refractivity contribution in [3.63, 3.8) is 0 Å². The van der Waals surface area contributed by atoms with E-state index in [2.05, 4.69) is 15.0 Å². The van der Waals surface area contributed by atoms with E-state index in [0.29, 0.717) is 12.5 Å². The maximum Gasteiger partial charge on any atom is 0.215 e. The molecule has 0 fully saturated rings. The number of aliphatic imine (C=N–C) groups is 1. The van der Waals surface area contributed by atoms with Gasteiger partial charge in [0.15, 0.2) is 5.96 Å². The fourth-order valence-electron chi connectivity index (χ4n) is 1.92. The van der Waals surface area contributed by atoms with Crippen LogP contribution in [0.3, 0.4) is 0 Å². The van der Waals surface area contributed by atoms with Gasteiger partial charge in [-0.05, 0) is 30.3 Å². The number of hydrogen-bond acceptors (Lipinski definition) is 3. The molecule has 24 heavy (non-hydrogen) atoms. The van der Waals surface area contributed by atoms with Crippen LogP contribution in [0.15, 0.2) is 59.6 Å². The topological polar surface area (TPSA) is 96.6 Å². The summed E-state index contributed by atoms with van der Waals surface area (Å²) < 4.78 is 25.3. The van der Waals surface area contributed by atoms with Crippen LogP contribution in [0.25, 0.3) is 0 Å². The SMILES string of the molecule is CNS(=O)(=O)Cc1ccc(CN=C(N)Nc2ccccc2)cc1.I. The Bertz CT molecular complexity index is 762. The molecule has 2 aromatic rings. The Morgan fingerprint density at radius 2 is 1.62 bits per heavy atom. The highest BCUT2D eigenvalue weighted by Gasteiger charge is 2.07. The van der Waals surface area contributed by atoms with Gasteiger partial charge in [0, 0.05) is 5.69 Å². The zero-order valence-electron chi connectivity index (χ0n) is 13.3. The highest BCUT2D eigenvalue weighted by Crippen LogP contribution is 2.09. The van der Waals surface area contributed by atoms with Crippen molar-refractivity contribution >= 4 is 45.6 Å². The minimum Gasteiger partial charge on any atom is -0.370 e. The number of rotatable bonds is 6. The lowest BCUT2D eigenvalue weighted by Crippen LogP contribution is -2.22. The second-order valence-corrected chi connectivity index (χ2v) is 6.90. The minimum atomic E-state index is -3.25. The third-order valence-corrected chi connectivity index (χ3v) is 4.50. The number of sulfonamides is 1. The fraction of sp³-hybridized carbons (Fsp3) is 0.188. The largest absolute Gasteiger partial charge is 0.370 e. The standard InChI is InChI=1S/C16H20N4O2S.HI/c1-18-23(21,22)12-14-9-7-13(8-10-14)11-19-16(17)20-15-5-3-2-4-6-15;/h2-10,18H,11-12H2,1H3,(H3,17,19,20);1H. The van der Waals surface area contributed by atoms with Gasteiger partial charge in [0.05, 0.1) is 12.3 Å². The van der Waals surface area contributed by atoms with Crippen molar-refractivity contribution in [2.75, 3.05) is 12.4 Å². The van der Waals surface area contributed by atoms with Crippen molar-refractivity contribution in [1.82, 2.24) is 4.72 Å². The van der Waals surface area contributed by atoms with Gasteiger partial charge < -0.3 is 11.1 Å². The molecule has 0 aliphatic heterocycles. The molecule has 0 saturated carbocycles. The Morgan fingerprint density at radius 1 is 1.04 bits per heavy atom. The van der Waals surface area contributed by atoms with E-state index in [9.17, 15) is 8.42 Å². The van der Waals surface area contributed by atoms with Gasteiger partial charge in [-0.1, -0.05) is 42.5 Å². The van der Waals surface area contributed by atoms with Gasteiger partial charge in [-0.15, -0.1) is 24.0 Å². The number of nitrogens with zero attached hydrogens (tertiary/aromatic N) is 1. The molecule has 0 radical (unpaired) electrons. The Morgan fingerprint density at radius 3 is 2.21 bits per heavy atom. The minimum absolute atomic E-state index is 0. The first-order valence-electron chi connectivity index (χ1n) is 7.09. The summed E-state index contributed by atoms with van der Waals surface area (Å²) >= 11 is 0. The van der Waals surface area contributed by atoms with Crippen LogP contribution in [-0.4, -0.2) is 21.4 Å². The molecule has 0 bridgehead atoms. The van der Waals surface area contributed by atoms with E-state index in [1.54, 1.807) is 12.1 Å². The van der Waals surface area contributed by atoms with Crippen LogP contribution in [0.1, 0.15) is 11.1 Å². The Balaban J connectivity index is 0.00000288. The third-order valence-electron chi connectivity index (χ3n) is 3.17. The number of para-hydroxylation sites is 1. The van der Waals surface area contributed by atoms with Crippen molar-refractivity contribution in [2.45, 2.75) is 12.3 Å². The molecule has 2 aromatic carbocycles. The average Bonchev–Trinajstić information content (AvgIpc) is 2.55. The molecule has 0 atom stereocenters. The van der Waals surface area contributed by atoms with E-state index in [1.165, 1.54) is 7.05 Å². The van der Waals surface area contributed by atoms with Crippen molar-refractivity contribution in [2.24, 2.45) is 10.7 Å². The lowest BCUT2D eigenvalue weighted by Gasteiger charge is -2.06. The summed E-state index contributed by atoms with van der Waals surface area (Å²) in [7, 11) is -1.85. The average molecular weight is 460 g/mol. The number of nitrogens with one attached hydrogen (secondary N) is 2. The highest BCUT2D eigenvalue weighted by molar-refractivity contribution is 14.0. The first-order valence-corrected chi connectivity index (χ1v) is 8.75. The lowest BCUT2D eigenvalue weighted by atomic mass is 10.1. The van der Waals surface area contributed by atoms with Crippen LogP contribution in [0.5, 0.6) is 0 Å². The molecule has 0 aliphatic carbocycles. The van der Waals surface area contributed by atoms with E-state index in [0.717, 1.165) is 16.8 Å². The first-order chi connectivity index (χ1) is 11.0. The summed E-state index contributed by atoms with van der Waals surface area (Å²) in [5.74, 6) is 0.295. The van der Waals surface area contributed by atoms with E-state index in [1.807, 2.05) is 42.5 Å². The van der Waals surface area contributed by atoms with Crippen molar-refractivity contribution < 1.29 is 8.42 Å². The molecule has 4 N–H and O–H groups in total. The fourth-order valence-corrected chi connectivity index (χ4v) is 2.69. The van der Waals surface area contributed by atoms with Gasteiger partial charge >= 0.3 is 0 Å². The van der Waals surface area contributed by atoms with Crippen LogP contribution in [0.2, 0.25) is 0 Å². The van der Waals surface area contributed by atoms with E-state index in [4.69, 9.17) is 5.73 Å². The predicted molar refractivity (Wildman–Crippen MR) is 109 cm³/mol. The molecule has 0 heterocycles. The molecule has 0 spiro atoms. The molecule has 130 valence electrons. The monoisotopic (exact) mass is 460 g/mol. The molecule has 0 amide bonds. The van der Waals surface area contributed by atoms with Gasteiger partial charge in [-0.3, -0.25) is 0 Å². The number of halogens is 1. The van der Waals surface area contributed by atoms with Gasteiger partial charge in [0.1, 0.15) is 0 Å². The predicted octanol–water partition coefficient (Wildman–Crippen LogP) is 2.28. The molecule has 0 unspecified atom stereocenters. The summed E-state index contributed by atoms with van der Waals surface area (Å²) in [6.45, 7) is 0.421. The molecule has 0 saturated heterocycles. The first kappa shape index (κ1) is 20.4. The molecule has 2 rings (SSSR count). The molecule has 0 aromatic heterocycles. The van der Waals surface area contributed by atoms with Crippen molar-refractivity contribution in [1.29, 1.82) is 0 Å². The number of nitrogens with two attached hydrogens (primary N) is 1. The third kappa shape index (κ3) is 6.85. The van der Waals surface area contributed by atoms with Crippen LogP contribution in [0.4, 0.5) is 5.69 Å². The Labute approximate surface area is 159 Å². The van der Waals surface area contributed by atoms with Crippen LogP contribution < -0.4 is 15.8 Å².